The Balaban J connectivity index is 1.15. The fourth-order valence-corrected chi connectivity index (χ4v) is 7.89. The van der Waals surface area contributed by atoms with Crippen molar-refractivity contribution in [2.75, 3.05) is 0 Å². The summed E-state index contributed by atoms with van der Waals surface area (Å²) in [6, 6.07) is 56.8. The highest BCUT2D eigenvalue weighted by Crippen LogP contribution is 2.41. The average molecular weight is 668 g/mol. The first kappa shape index (κ1) is 28.8. The van der Waals surface area contributed by atoms with Gasteiger partial charge in [-0.3, -0.25) is 0 Å². The van der Waals surface area contributed by atoms with E-state index in [4.69, 9.17) is 18.8 Å². The maximum absolute atomic E-state index is 6.65. The van der Waals surface area contributed by atoms with E-state index < -0.39 is 6.17 Å². The third-order valence-corrected chi connectivity index (χ3v) is 10.3. The van der Waals surface area contributed by atoms with Gasteiger partial charge in [0.25, 0.3) is 0 Å². The molecule has 0 amide bonds. The minimum absolute atomic E-state index is 0.556. The highest BCUT2D eigenvalue weighted by Gasteiger charge is 2.26. The molecular weight excluding hydrogens is 639 g/mol. The second-order valence-corrected chi connectivity index (χ2v) is 13.3. The van der Waals surface area contributed by atoms with Crippen LogP contribution in [-0.2, 0) is 0 Å². The van der Waals surface area contributed by atoms with E-state index in [9.17, 15) is 0 Å². The smallest absolute Gasteiger partial charge is 0.170 e. The molecule has 1 N–H and O–H groups in total. The van der Waals surface area contributed by atoms with Gasteiger partial charge < -0.3 is 14.2 Å². The van der Waals surface area contributed by atoms with Crippen LogP contribution in [0.15, 0.2) is 183 Å². The molecule has 0 bridgehead atoms. The molecule has 0 saturated carbocycles. The lowest BCUT2D eigenvalue weighted by molar-refractivity contribution is 0.666. The van der Waals surface area contributed by atoms with E-state index in [1.807, 2.05) is 36.4 Å². The van der Waals surface area contributed by atoms with E-state index in [2.05, 4.69) is 133 Å². The first-order valence-corrected chi connectivity index (χ1v) is 17.5. The first-order chi connectivity index (χ1) is 25.8. The lowest BCUT2D eigenvalue weighted by Crippen LogP contribution is -2.36. The summed E-state index contributed by atoms with van der Waals surface area (Å²) >= 11 is 0. The number of nitrogens with zero attached hydrogens (tertiary/aromatic N) is 2. The molecular formula is C47H29N3O2. The SMILES string of the molecule is c1ccc(-c2cccc3c2oc2cccc(C4N=C(c5ccc6ccc7ccccc7c6c5)NC(c5cccc6c5oc5ccccc56)=N4)c23)cc1. The second-order valence-electron chi connectivity index (χ2n) is 13.3. The molecule has 10 aromatic rings. The van der Waals surface area contributed by atoms with Crippen LogP contribution in [0.1, 0.15) is 22.9 Å². The van der Waals surface area contributed by atoms with Crippen LogP contribution in [0.2, 0.25) is 0 Å². The van der Waals surface area contributed by atoms with E-state index >= 15 is 0 Å². The van der Waals surface area contributed by atoms with Gasteiger partial charge in [0.1, 0.15) is 34.0 Å². The third kappa shape index (κ3) is 4.42. The Kier molecular flexibility index (Phi) is 6.25. The number of amidine groups is 2. The van der Waals surface area contributed by atoms with Gasteiger partial charge >= 0.3 is 0 Å². The normalized spacial score (nSPS) is 14.7. The molecule has 52 heavy (non-hydrogen) atoms. The highest BCUT2D eigenvalue weighted by molar-refractivity contribution is 6.22. The van der Waals surface area contributed by atoms with Gasteiger partial charge in [-0.1, -0.05) is 140 Å². The van der Waals surface area contributed by atoms with Gasteiger partial charge in [-0.05, 0) is 51.4 Å². The molecule has 1 atom stereocenters. The van der Waals surface area contributed by atoms with Crippen molar-refractivity contribution in [2.45, 2.75) is 6.17 Å². The number of furan rings is 2. The number of rotatable bonds is 4. The minimum atomic E-state index is -0.556. The Morgan fingerprint density at radius 3 is 1.96 bits per heavy atom. The summed E-state index contributed by atoms with van der Waals surface area (Å²) < 4.78 is 13.2. The zero-order valence-corrected chi connectivity index (χ0v) is 27.9. The molecule has 1 aliphatic rings. The molecule has 3 heterocycles. The zero-order valence-electron chi connectivity index (χ0n) is 27.9. The van der Waals surface area contributed by atoms with Crippen molar-refractivity contribution >= 4 is 77.1 Å². The van der Waals surface area contributed by atoms with Crippen molar-refractivity contribution in [3.05, 3.63) is 180 Å². The summed E-state index contributed by atoms with van der Waals surface area (Å²) in [5.41, 5.74) is 8.29. The average Bonchev–Trinajstić information content (AvgIpc) is 3.80. The monoisotopic (exact) mass is 667 g/mol. The predicted molar refractivity (Wildman–Crippen MR) is 213 cm³/mol. The summed E-state index contributed by atoms with van der Waals surface area (Å²) in [6.45, 7) is 0. The largest absolute Gasteiger partial charge is 0.455 e. The Morgan fingerprint density at radius 2 is 1.06 bits per heavy atom. The van der Waals surface area contributed by atoms with Crippen LogP contribution in [0.4, 0.5) is 0 Å². The Hall–Kier alpha value is -6.98. The van der Waals surface area contributed by atoms with Gasteiger partial charge in [-0.15, -0.1) is 0 Å². The van der Waals surface area contributed by atoms with Crippen LogP contribution in [0.5, 0.6) is 0 Å². The quantitative estimate of drug-likeness (QED) is 0.190. The summed E-state index contributed by atoms with van der Waals surface area (Å²) in [5.74, 6) is 1.44. The topological polar surface area (TPSA) is 63.0 Å². The number of hydrogen-bond acceptors (Lipinski definition) is 5. The highest BCUT2D eigenvalue weighted by atomic mass is 16.3. The molecule has 11 rings (SSSR count). The van der Waals surface area contributed by atoms with Crippen LogP contribution in [0, 0.1) is 0 Å². The Bertz CT molecular complexity index is 3110. The van der Waals surface area contributed by atoms with Crippen molar-refractivity contribution in [2.24, 2.45) is 9.98 Å². The van der Waals surface area contributed by atoms with Crippen molar-refractivity contribution in [3.63, 3.8) is 0 Å². The number of nitrogens with one attached hydrogen (secondary N) is 1. The number of benzene rings is 8. The van der Waals surface area contributed by atoms with Crippen molar-refractivity contribution in [1.82, 2.24) is 5.32 Å². The van der Waals surface area contributed by atoms with Crippen LogP contribution in [0.3, 0.4) is 0 Å². The molecule has 1 aliphatic heterocycles. The van der Waals surface area contributed by atoms with Gasteiger partial charge in [0.05, 0.1) is 5.56 Å². The second kappa shape index (κ2) is 11.3. The van der Waals surface area contributed by atoms with Gasteiger partial charge in [0, 0.05) is 38.2 Å². The fraction of sp³-hybridized carbons (Fsp3) is 0.0213. The molecule has 5 heteroatoms. The van der Waals surface area contributed by atoms with Crippen molar-refractivity contribution in [1.29, 1.82) is 0 Å². The molecule has 0 fully saturated rings. The van der Waals surface area contributed by atoms with Crippen LogP contribution < -0.4 is 5.32 Å². The first-order valence-electron chi connectivity index (χ1n) is 17.5. The molecule has 1 unspecified atom stereocenters. The summed E-state index contributed by atoms with van der Waals surface area (Å²) in [5, 5.41) is 12.6. The molecule has 5 nitrogen and oxygen atoms in total. The van der Waals surface area contributed by atoms with Crippen LogP contribution >= 0.6 is 0 Å². The van der Waals surface area contributed by atoms with Crippen LogP contribution in [0.25, 0.3) is 76.5 Å². The van der Waals surface area contributed by atoms with Gasteiger partial charge in [0.15, 0.2) is 6.17 Å². The molecule has 244 valence electrons. The minimum Gasteiger partial charge on any atom is -0.455 e. The maximum Gasteiger partial charge on any atom is 0.170 e. The third-order valence-electron chi connectivity index (χ3n) is 10.3. The maximum atomic E-state index is 6.65. The molecule has 0 saturated heterocycles. The van der Waals surface area contributed by atoms with Gasteiger partial charge in [0.2, 0.25) is 0 Å². The standard InChI is InChI=1S/C47H29N3O2/c1-2-11-28(12-3-1)33-16-8-18-36-42-37(19-10-22-41(42)52-43(33)36)46-48-45(31-26-25-30-24-23-29-13-4-5-14-32(29)39(30)27-31)49-47(50-46)38-20-9-17-35-34-15-6-7-21-40(34)51-44(35)38/h1-27,46H,(H,48,49,50). The summed E-state index contributed by atoms with van der Waals surface area (Å²) in [7, 11) is 0. The van der Waals surface area contributed by atoms with E-state index in [1.165, 1.54) is 21.5 Å². The van der Waals surface area contributed by atoms with Gasteiger partial charge in [-0.2, -0.15) is 0 Å². The van der Waals surface area contributed by atoms with E-state index in [1.54, 1.807) is 0 Å². The lowest BCUT2D eigenvalue weighted by atomic mass is 9.98. The lowest BCUT2D eigenvalue weighted by Gasteiger charge is -2.23. The number of para-hydroxylation sites is 3. The van der Waals surface area contributed by atoms with E-state index in [0.717, 1.165) is 77.5 Å². The molecule has 0 aliphatic carbocycles. The summed E-state index contributed by atoms with van der Waals surface area (Å²) in [6.07, 6.45) is -0.556. The number of fused-ring (bicyclic) bond motifs is 9. The number of hydrogen-bond donors (Lipinski definition) is 1. The number of aliphatic imine (C=N–C) groups is 2. The van der Waals surface area contributed by atoms with Crippen molar-refractivity contribution in [3.8, 4) is 11.1 Å². The van der Waals surface area contributed by atoms with Crippen LogP contribution in [-0.4, -0.2) is 11.7 Å². The Morgan fingerprint density at radius 1 is 0.423 bits per heavy atom. The van der Waals surface area contributed by atoms with E-state index in [0.29, 0.717) is 5.84 Å². The van der Waals surface area contributed by atoms with Crippen molar-refractivity contribution < 1.29 is 8.83 Å². The fourth-order valence-electron chi connectivity index (χ4n) is 7.89. The van der Waals surface area contributed by atoms with E-state index in [-0.39, 0.29) is 0 Å². The molecule has 0 radical (unpaired) electrons. The molecule has 8 aromatic carbocycles. The zero-order chi connectivity index (χ0) is 34.2. The van der Waals surface area contributed by atoms with Gasteiger partial charge in [-0.25, -0.2) is 9.98 Å². The predicted octanol–water partition coefficient (Wildman–Crippen LogP) is 12.0. The Labute approximate surface area is 298 Å². The summed E-state index contributed by atoms with van der Waals surface area (Å²) in [4.78, 5) is 10.7. The molecule has 2 aromatic heterocycles. The molecule has 0 spiro atoms.